The fourth-order valence-electron chi connectivity index (χ4n) is 1.38. The first-order valence-corrected chi connectivity index (χ1v) is 6.99. The van der Waals surface area contributed by atoms with Crippen LogP contribution in [-0.2, 0) is 4.74 Å². The van der Waals surface area contributed by atoms with Gasteiger partial charge in [0.25, 0.3) is 5.91 Å². The summed E-state index contributed by atoms with van der Waals surface area (Å²) in [6, 6.07) is 1.79. The van der Waals surface area contributed by atoms with Crippen LogP contribution in [0.4, 0.5) is 10.7 Å². The Labute approximate surface area is 112 Å². The summed E-state index contributed by atoms with van der Waals surface area (Å²) in [6.07, 6.45) is 0.913. The predicted molar refractivity (Wildman–Crippen MR) is 76.3 cm³/mol. The van der Waals surface area contributed by atoms with Crippen molar-refractivity contribution in [2.24, 2.45) is 0 Å². The zero-order chi connectivity index (χ0) is 13.4. The first-order valence-electron chi connectivity index (χ1n) is 6.18. The third kappa shape index (κ3) is 4.54. The van der Waals surface area contributed by atoms with Crippen molar-refractivity contribution in [3.05, 3.63) is 10.9 Å². The Morgan fingerprint density at radius 2 is 2.22 bits per heavy atom. The summed E-state index contributed by atoms with van der Waals surface area (Å²) >= 11 is 1.37. The van der Waals surface area contributed by atoms with Crippen molar-refractivity contribution in [1.29, 1.82) is 0 Å². The maximum Gasteiger partial charge on any atom is 0.263 e. The zero-order valence-corrected chi connectivity index (χ0v) is 11.7. The fourth-order valence-corrected chi connectivity index (χ4v) is 2.30. The molecule has 0 saturated carbocycles. The summed E-state index contributed by atoms with van der Waals surface area (Å²) < 4.78 is 5.22. The minimum Gasteiger partial charge on any atom is -0.397 e. The molecule has 0 fully saturated rings. The fraction of sp³-hybridized carbons (Fsp3) is 0.583. The zero-order valence-electron chi connectivity index (χ0n) is 10.9. The third-order valence-corrected chi connectivity index (χ3v) is 3.36. The molecule has 0 unspecified atom stereocenters. The number of rotatable bonds is 8. The van der Waals surface area contributed by atoms with Gasteiger partial charge in [-0.2, -0.15) is 0 Å². The number of carbonyl (C=O) groups is 1. The summed E-state index contributed by atoms with van der Waals surface area (Å²) in [5, 5.41) is 6.90. The van der Waals surface area contributed by atoms with Crippen LogP contribution in [0.1, 0.15) is 29.9 Å². The highest BCUT2D eigenvalue weighted by Crippen LogP contribution is 2.28. The summed E-state index contributed by atoms with van der Waals surface area (Å²) in [6.45, 7) is 6.70. The van der Waals surface area contributed by atoms with Crippen LogP contribution in [-0.4, -0.2) is 32.2 Å². The number of carbonyl (C=O) groups excluding carboxylic acids is 1. The Morgan fingerprint density at radius 3 is 2.89 bits per heavy atom. The van der Waals surface area contributed by atoms with Crippen molar-refractivity contribution < 1.29 is 9.53 Å². The number of amides is 1. The highest BCUT2D eigenvalue weighted by atomic mass is 32.1. The van der Waals surface area contributed by atoms with E-state index < -0.39 is 0 Å². The number of hydrogen-bond donors (Lipinski definition) is 3. The molecule has 0 aromatic carbocycles. The van der Waals surface area contributed by atoms with Crippen molar-refractivity contribution in [3.63, 3.8) is 0 Å². The van der Waals surface area contributed by atoms with Gasteiger partial charge in [-0.3, -0.25) is 4.79 Å². The molecule has 0 aliphatic heterocycles. The van der Waals surface area contributed by atoms with Crippen LogP contribution in [0.3, 0.4) is 0 Å². The molecule has 0 aliphatic carbocycles. The lowest BCUT2D eigenvalue weighted by molar-refractivity contribution is 0.0958. The van der Waals surface area contributed by atoms with Crippen molar-refractivity contribution >= 4 is 27.9 Å². The molecule has 0 spiro atoms. The summed E-state index contributed by atoms with van der Waals surface area (Å²) in [7, 11) is 0. The number of nitrogens with two attached hydrogens (primary N) is 1. The number of nitrogens with one attached hydrogen (secondary N) is 2. The van der Waals surface area contributed by atoms with E-state index in [0.717, 1.165) is 11.4 Å². The Balaban J connectivity index is 2.50. The van der Waals surface area contributed by atoms with Crippen LogP contribution in [0.15, 0.2) is 6.07 Å². The summed E-state index contributed by atoms with van der Waals surface area (Å²) in [4.78, 5) is 12.4. The molecule has 1 aromatic heterocycles. The summed E-state index contributed by atoms with van der Waals surface area (Å²) in [5.41, 5.74) is 6.34. The van der Waals surface area contributed by atoms with Gasteiger partial charge in [-0.05, 0) is 19.4 Å². The highest BCUT2D eigenvalue weighted by Gasteiger charge is 2.13. The molecule has 1 amide bonds. The molecule has 4 N–H and O–H groups in total. The number of thiophene rings is 1. The lowest BCUT2D eigenvalue weighted by Crippen LogP contribution is -2.23. The maximum atomic E-state index is 11.8. The molecule has 0 bridgehead atoms. The Kier molecular flexibility index (Phi) is 6.53. The van der Waals surface area contributed by atoms with Gasteiger partial charge < -0.3 is 21.1 Å². The van der Waals surface area contributed by atoms with E-state index >= 15 is 0 Å². The van der Waals surface area contributed by atoms with Crippen LogP contribution in [0.25, 0.3) is 0 Å². The van der Waals surface area contributed by atoms with Gasteiger partial charge in [-0.25, -0.2) is 0 Å². The molecule has 102 valence electrons. The molecule has 6 heteroatoms. The number of hydrogen-bond acceptors (Lipinski definition) is 5. The smallest absolute Gasteiger partial charge is 0.263 e. The molecule has 0 saturated heterocycles. The number of nitrogen functional groups attached to an aromatic ring is 1. The van der Waals surface area contributed by atoms with E-state index in [1.165, 1.54) is 11.3 Å². The first-order chi connectivity index (χ1) is 8.69. The second-order valence-electron chi connectivity index (χ2n) is 3.77. The molecule has 0 atom stereocenters. The van der Waals surface area contributed by atoms with E-state index in [1.54, 1.807) is 6.07 Å². The molecule has 0 aliphatic rings. The van der Waals surface area contributed by atoms with Gasteiger partial charge in [0.15, 0.2) is 0 Å². The predicted octanol–water partition coefficient (Wildman–Crippen LogP) is 1.92. The van der Waals surface area contributed by atoms with Crippen molar-refractivity contribution in [3.8, 4) is 0 Å². The summed E-state index contributed by atoms with van der Waals surface area (Å²) in [5.74, 6) is -0.0998. The van der Waals surface area contributed by atoms with Crippen molar-refractivity contribution in [2.75, 3.05) is 37.4 Å². The minimum atomic E-state index is -0.0998. The average molecular weight is 271 g/mol. The number of anilines is 2. The maximum absolute atomic E-state index is 11.8. The van der Waals surface area contributed by atoms with Gasteiger partial charge in [-0.1, -0.05) is 6.92 Å². The molecular formula is C12H21N3O2S. The van der Waals surface area contributed by atoms with Gasteiger partial charge in [0, 0.05) is 19.7 Å². The number of ether oxygens (including phenoxy) is 1. The average Bonchev–Trinajstić information content (AvgIpc) is 2.73. The van der Waals surface area contributed by atoms with Gasteiger partial charge in [0.1, 0.15) is 4.88 Å². The van der Waals surface area contributed by atoms with E-state index in [0.29, 0.717) is 36.9 Å². The molecule has 18 heavy (non-hydrogen) atoms. The quantitative estimate of drug-likeness (QED) is 0.631. The van der Waals surface area contributed by atoms with Gasteiger partial charge in [-0.15, -0.1) is 11.3 Å². The van der Waals surface area contributed by atoms with Gasteiger partial charge in [0.2, 0.25) is 0 Å². The Bertz CT molecular complexity index is 379. The second-order valence-corrected chi connectivity index (χ2v) is 4.83. The second kappa shape index (κ2) is 7.94. The standard InChI is InChI=1S/C12H21N3O2S/c1-3-5-15-12(16)11-9(13)8-10(18-11)14-6-7-17-4-2/h8,14H,3-7,13H2,1-2H3,(H,15,16). The van der Waals surface area contributed by atoms with Crippen molar-refractivity contribution in [2.45, 2.75) is 20.3 Å². The van der Waals surface area contributed by atoms with Crippen molar-refractivity contribution in [1.82, 2.24) is 5.32 Å². The molecule has 1 heterocycles. The van der Waals surface area contributed by atoms with Crippen LogP contribution in [0, 0.1) is 0 Å². The van der Waals surface area contributed by atoms with Crippen LogP contribution < -0.4 is 16.4 Å². The highest BCUT2D eigenvalue weighted by molar-refractivity contribution is 7.18. The van der Waals surface area contributed by atoms with Gasteiger partial charge in [0.05, 0.1) is 17.3 Å². The Hall–Kier alpha value is -1.27. The van der Waals surface area contributed by atoms with E-state index in [-0.39, 0.29) is 5.91 Å². The third-order valence-electron chi connectivity index (χ3n) is 2.25. The van der Waals surface area contributed by atoms with E-state index in [4.69, 9.17) is 10.5 Å². The lowest BCUT2D eigenvalue weighted by Gasteiger charge is -2.03. The topological polar surface area (TPSA) is 76.4 Å². The minimum absolute atomic E-state index is 0.0998. The lowest BCUT2D eigenvalue weighted by atomic mass is 10.3. The van der Waals surface area contributed by atoms with E-state index in [2.05, 4.69) is 10.6 Å². The normalized spacial score (nSPS) is 10.3. The SMILES string of the molecule is CCCNC(=O)c1sc(NCCOCC)cc1N. The largest absolute Gasteiger partial charge is 0.397 e. The molecule has 0 radical (unpaired) electrons. The molecule has 1 aromatic rings. The first kappa shape index (κ1) is 14.8. The molecule has 1 rings (SSSR count). The van der Waals surface area contributed by atoms with Gasteiger partial charge >= 0.3 is 0 Å². The van der Waals surface area contributed by atoms with E-state index in [9.17, 15) is 4.79 Å². The van der Waals surface area contributed by atoms with Crippen LogP contribution in [0.2, 0.25) is 0 Å². The molecular weight excluding hydrogens is 250 g/mol. The Morgan fingerprint density at radius 1 is 1.44 bits per heavy atom. The van der Waals surface area contributed by atoms with Crippen LogP contribution in [0.5, 0.6) is 0 Å². The monoisotopic (exact) mass is 271 g/mol. The van der Waals surface area contributed by atoms with E-state index in [1.807, 2.05) is 13.8 Å². The molecule has 5 nitrogen and oxygen atoms in total. The van der Waals surface area contributed by atoms with Crippen LogP contribution >= 0.6 is 11.3 Å².